The number of carbonyl (C=O) groups is 5. The molecule has 0 fully saturated rings. The van der Waals surface area contributed by atoms with E-state index in [2.05, 4.69) is 10.6 Å². The quantitative estimate of drug-likeness (QED) is 0.122. The number of primary amides is 1. The summed E-state index contributed by atoms with van der Waals surface area (Å²) in [5, 5.41) is 34.3. The highest BCUT2D eigenvalue weighted by atomic mass is 32.2. The fourth-order valence-corrected chi connectivity index (χ4v) is 3.37. The summed E-state index contributed by atoms with van der Waals surface area (Å²) in [4.78, 5) is 60.4. The van der Waals surface area contributed by atoms with Crippen molar-refractivity contribution < 1.29 is 39.3 Å². The molecule has 1 aromatic rings. The van der Waals surface area contributed by atoms with E-state index in [0.29, 0.717) is 11.3 Å². The Kier molecular flexibility index (Phi) is 12.6. The van der Waals surface area contributed by atoms with Gasteiger partial charge in [0, 0.05) is 0 Å². The molecule has 0 saturated carbocycles. The van der Waals surface area contributed by atoms with E-state index in [1.807, 2.05) is 5.32 Å². The van der Waals surface area contributed by atoms with Gasteiger partial charge in [-0.3, -0.25) is 19.2 Å². The summed E-state index contributed by atoms with van der Waals surface area (Å²) >= 11 is 1.40. The number of aromatic hydroxyl groups is 1. The van der Waals surface area contributed by atoms with Gasteiger partial charge in [0.15, 0.2) is 0 Å². The molecule has 4 atom stereocenters. The van der Waals surface area contributed by atoms with Gasteiger partial charge in [-0.25, -0.2) is 4.79 Å². The van der Waals surface area contributed by atoms with Gasteiger partial charge >= 0.3 is 5.97 Å². The molecule has 194 valence electrons. The van der Waals surface area contributed by atoms with E-state index in [1.54, 1.807) is 18.4 Å². The number of carboxylic acid groups (broad SMARTS) is 1. The first-order chi connectivity index (χ1) is 16.5. The van der Waals surface area contributed by atoms with Crippen LogP contribution in [0, 0.1) is 0 Å². The molecular formula is C21H31N5O8S. The lowest BCUT2D eigenvalue weighted by atomic mass is 10.0. The molecule has 4 unspecified atom stereocenters. The number of hydrogen-bond acceptors (Lipinski definition) is 9. The van der Waals surface area contributed by atoms with E-state index >= 15 is 0 Å². The molecule has 0 aliphatic carbocycles. The molecule has 13 nitrogen and oxygen atoms in total. The maximum absolute atomic E-state index is 12.9. The molecule has 0 radical (unpaired) electrons. The largest absolute Gasteiger partial charge is 0.508 e. The molecule has 0 saturated heterocycles. The molecule has 35 heavy (non-hydrogen) atoms. The molecule has 4 amide bonds. The maximum atomic E-state index is 12.9. The Bertz CT molecular complexity index is 898. The van der Waals surface area contributed by atoms with Gasteiger partial charge in [0.05, 0.1) is 19.1 Å². The molecule has 1 rings (SSSR count). The van der Waals surface area contributed by atoms with Crippen LogP contribution in [0.1, 0.15) is 18.4 Å². The van der Waals surface area contributed by atoms with E-state index in [4.69, 9.17) is 21.7 Å². The first-order valence-corrected chi connectivity index (χ1v) is 11.9. The van der Waals surface area contributed by atoms with Crippen LogP contribution >= 0.6 is 11.8 Å². The second kappa shape index (κ2) is 14.8. The summed E-state index contributed by atoms with van der Waals surface area (Å²) in [5.74, 6) is -4.42. The molecule has 10 N–H and O–H groups in total. The number of aliphatic hydroxyl groups excluding tert-OH is 1. The zero-order valence-electron chi connectivity index (χ0n) is 19.1. The number of carbonyl (C=O) groups excluding carboxylic acids is 4. The highest BCUT2D eigenvalue weighted by Crippen LogP contribution is 2.11. The van der Waals surface area contributed by atoms with Crippen LogP contribution in [0.2, 0.25) is 0 Å². The minimum Gasteiger partial charge on any atom is -0.508 e. The first kappa shape index (κ1) is 29.7. The summed E-state index contributed by atoms with van der Waals surface area (Å²) in [6.07, 6.45) is 1.45. The third-order valence-corrected chi connectivity index (χ3v) is 5.45. The number of nitrogens with two attached hydrogens (primary N) is 2. The number of aliphatic hydroxyl groups is 1. The van der Waals surface area contributed by atoms with Crippen LogP contribution in [0.25, 0.3) is 0 Å². The number of carboxylic acids is 1. The Labute approximate surface area is 206 Å². The minimum atomic E-state index is -1.65. The fraction of sp³-hybridized carbons (Fsp3) is 0.476. The van der Waals surface area contributed by atoms with E-state index < -0.39 is 66.8 Å². The van der Waals surface area contributed by atoms with Gasteiger partial charge in [-0.15, -0.1) is 0 Å². The van der Waals surface area contributed by atoms with Gasteiger partial charge in [0.2, 0.25) is 23.6 Å². The number of nitrogens with one attached hydrogen (secondary N) is 3. The summed E-state index contributed by atoms with van der Waals surface area (Å²) in [6, 6.07) is 0.780. The summed E-state index contributed by atoms with van der Waals surface area (Å²) in [5.41, 5.74) is 11.8. The second-order valence-corrected chi connectivity index (χ2v) is 8.62. The van der Waals surface area contributed by atoms with Crippen LogP contribution < -0.4 is 27.4 Å². The van der Waals surface area contributed by atoms with Gasteiger partial charge in [-0.2, -0.15) is 11.8 Å². The molecule has 0 spiro atoms. The molecule has 0 aliphatic rings. The molecule has 0 aromatic heterocycles. The van der Waals surface area contributed by atoms with Gasteiger partial charge in [-0.05, 0) is 42.5 Å². The van der Waals surface area contributed by atoms with Gasteiger partial charge in [-0.1, -0.05) is 12.1 Å². The van der Waals surface area contributed by atoms with Crippen molar-refractivity contribution in [1.29, 1.82) is 0 Å². The molecular weight excluding hydrogens is 482 g/mol. The lowest BCUT2D eigenvalue weighted by molar-refractivity contribution is -0.143. The van der Waals surface area contributed by atoms with Crippen molar-refractivity contribution in [3.63, 3.8) is 0 Å². The van der Waals surface area contributed by atoms with E-state index in [1.165, 1.54) is 23.9 Å². The van der Waals surface area contributed by atoms with E-state index in [9.17, 15) is 29.1 Å². The predicted octanol–water partition coefficient (Wildman–Crippen LogP) is -2.58. The normalized spacial score (nSPS) is 14.1. The maximum Gasteiger partial charge on any atom is 0.328 e. The fourth-order valence-electron chi connectivity index (χ4n) is 2.90. The number of thioether (sulfide) groups is 1. The number of amides is 4. The smallest absolute Gasteiger partial charge is 0.328 e. The molecule has 1 aromatic carbocycles. The standard InChI is InChI=1S/C21H31N5O8S/c1-35-7-6-14(24-18(30)13(22)8-11-2-4-12(28)5-3-11)19(31)25-15(9-17(23)29)20(32)26-16(10-27)21(33)34/h2-5,13-16,27-28H,6-10,22H2,1H3,(H2,23,29)(H,24,30)(H,25,31)(H,26,32)(H,33,34). The Morgan fingerprint density at radius 2 is 1.49 bits per heavy atom. The van der Waals surface area contributed by atoms with Crippen LogP contribution in [0.15, 0.2) is 24.3 Å². The number of rotatable bonds is 15. The zero-order chi connectivity index (χ0) is 26.5. The van der Waals surface area contributed by atoms with Crippen LogP contribution in [0.5, 0.6) is 5.75 Å². The SMILES string of the molecule is CSCCC(NC(=O)C(N)Cc1ccc(O)cc1)C(=O)NC(CC(N)=O)C(=O)NC(CO)C(=O)O. The molecule has 14 heteroatoms. The number of hydrogen-bond donors (Lipinski definition) is 8. The number of phenols is 1. The highest BCUT2D eigenvalue weighted by Gasteiger charge is 2.31. The third-order valence-electron chi connectivity index (χ3n) is 4.81. The van der Waals surface area contributed by atoms with Gasteiger partial charge in [0.25, 0.3) is 0 Å². The van der Waals surface area contributed by atoms with Crippen molar-refractivity contribution in [3.05, 3.63) is 29.8 Å². The van der Waals surface area contributed by atoms with Crippen molar-refractivity contribution in [2.75, 3.05) is 18.6 Å². The van der Waals surface area contributed by atoms with Crippen molar-refractivity contribution in [2.45, 2.75) is 43.4 Å². The highest BCUT2D eigenvalue weighted by molar-refractivity contribution is 7.98. The number of phenolic OH excluding ortho intramolecular Hbond substituents is 1. The van der Waals surface area contributed by atoms with Gasteiger partial charge < -0.3 is 42.7 Å². The molecule has 0 aliphatic heterocycles. The second-order valence-electron chi connectivity index (χ2n) is 7.63. The van der Waals surface area contributed by atoms with Crippen molar-refractivity contribution in [1.82, 2.24) is 16.0 Å². The van der Waals surface area contributed by atoms with Crippen LogP contribution in [0.3, 0.4) is 0 Å². The van der Waals surface area contributed by atoms with Crippen LogP contribution in [0.4, 0.5) is 0 Å². The van der Waals surface area contributed by atoms with E-state index in [0.717, 1.165) is 0 Å². The molecule has 0 bridgehead atoms. The monoisotopic (exact) mass is 513 g/mol. The Hall–Kier alpha value is -3.36. The van der Waals surface area contributed by atoms with Crippen LogP contribution in [-0.2, 0) is 30.4 Å². The average molecular weight is 514 g/mol. The first-order valence-electron chi connectivity index (χ1n) is 10.5. The average Bonchev–Trinajstić information content (AvgIpc) is 2.80. The number of benzene rings is 1. The lowest BCUT2D eigenvalue weighted by Gasteiger charge is -2.24. The molecule has 0 heterocycles. The van der Waals surface area contributed by atoms with Crippen molar-refractivity contribution in [2.24, 2.45) is 11.5 Å². The number of aliphatic carboxylic acids is 1. The Morgan fingerprint density at radius 3 is 2.00 bits per heavy atom. The summed E-state index contributed by atoms with van der Waals surface area (Å²) < 4.78 is 0. The van der Waals surface area contributed by atoms with Crippen molar-refractivity contribution >= 4 is 41.4 Å². The lowest BCUT2D eigenvalue weighted by Crippen LogP contribution is -2.58. The Balaban J connectivity index is 2.92. The third kappa shape index (κ3) is 10.6. The summed E-state index contributed by atoms with van der Waals surface area (Å²) in [6.45, 7) is -0.913. The van der Waals surface area contributed by atoms with Gasteiger partial charge in [0.1, 0.15) is 23.9 Å². The topological polar surface area (TPSA) is 234 Å². The summed E-state index contributed by atoms with van der Waals surface area (Å²) in [7, 11) is 0. The predicted molar refractivity (Wildman–Crippen MR) is 127 cm³/mol. The van der Waals surface area contributed by atoms with E-state index in [-0.39, 0.29) is 18.6 Å². The zero-order valence-corrected chi connectivity index (χ0v) is 19.9. The Morgan fingerprint density at radius 1 is 0.943 bits per heavy atom. The van der Waals surface area contributed by atoms with Crippen molar-refractivity contribution in [3.8, 4) is 5.75 Å². The minimum absolute atomic E-state index is 0.0591. The van der Waals surface area contributed by atoms with Crippen LogP contribution in [-0.4, -0.2) is 87.7 Å².